The van der Waals surface area contributed by atoms with E-state index >= 15 is 0 Å². The number of nitrogens with zero attached hydrogens (tertiary/aromatic N) is 3. The number of urea groups is 1. The van der Waals surface area contributed by atoms with Crippen LogP contribution >= 0.6 is 11.6 Å². The summed E-state index contributed by atoms with van der Waals surface area (Å²) in [5, 5.41) is 7.95. The molecule has 0 radical (unpaired) electrons. The minimum atomic E-state index is -0.366. The Balaban J connectivity index is 1.75. The Kier molecular flexibility index (Phi) is 6.37. The lowest BCUT2D eigenvalue weighted by Crippen LogP contribution is -2.46. The highest BCUT2D eigenvalue weighted by molar-refractivity contribution is 6.30. The fourth-order valence-electron chi connectivity index (χ4n) is 3.79. The van der Waals surface area contributed by atoms with Crippen LogP contribution in [0.1, 0.15) is 50.6 Å². The predicted octanol–water partition coefficient (Wildman–Crippen LogP) is 6.08. The fraction of sp³-hybridized carbons (Fsp3) is 0.292. The lowest BCUT2D eigenvalue weighted by Gasteiger charge is -2.35. The molecule has 3 aromatic rings. The van der Waals surface area contributed by atoms with E-state index in [2.05, 4.69) is 22.4 Å². The molecule has 2 heterocycles. The molecule has 0 bridgehead atoms. The van der Waals surface area contributed by atoms with Crippen LogP contribution in [-0.2, 0) is 0 Å². The maximum Gasteiger partial charge on any atom is 0.322 e. The van der Waals surface area contributed by atoms with Crippen molar-refractivity contribution in [2.45, 2.75) is 39.2 Å². The third kappa shape index (κ3) is 4.49. The summed E-state index contributed by atoms with van der Waals surface area (Å²) in [7, 11) is 0. The summed E-state index contributed by atoms with van der Waals surface area (Å²) in [5.41, 5.74) is 3.42. The summed E-state index contributed by atoms with van der Waals surface area (Å²) in [6.45, 7) is 4.74. The molecule has 1 aliphatic heterocycles. The van der Waals surface area contributed by atoms with Crippen LogP contribution in [0.2, 0.25) is 5.02 Å². The second-order valence-corrected chi connectivity index (χ2v) is 8.02. The maximum atomic E-state index is 12.9. The van der Waals surface area contributed by atoms with Crippen molar-refractivity contribution >= 4 is 23.2 Å². The van der Waals surface area contributed by atoms with E-state index in [1.165, 1.54) is 0 Å². The van der Waals surface area contributed by atoms with E-state index in [-0.39, 0.29) is 12.1 Å². The number of amides is 2. The van der Waals surface area contributed by atoms with Crippen LogP contribution in [0.4, 0.5) is 4.79 Å². The van der Waals surface area contributed by atoms with E-state index in [0.29, 0.717) is 23.3 Å². The molecule has 6 nitrogen and oxygen atoms in total. The summed E-state index contributed by atoms with van der Waals surface area (Å²) >= 11 is 6.00. The van der Waals surface area contributed by atoms with Gasteiger partial charge in [0.1, 0.15) is 0 Å². The molecule has 31 heavy (non-hydrogen) atoms. The first kappa shape index (κ1) is 21.1. The van der Waals surface area contributed by atoms with Gasteiger partial charge in [-0.2, -0.15) is 4.98 Å². The van der Waals surface area contributed by atoms with Gasteiger partial charge in [0.2, 0.25) is 5.82 Å². The smallest absolute Gasteiger partial charge is 0.322 e. The van der Waals surface area contributed by atoms with E-state index in [0.717, 1.165) is 41.7 Å². The number of rotatable bonds is 7. The van der Waals surface area contributed by atoms with Gasteiger partial charge in [0.05, 0.1) is 11.6 Å². The van der Waals surface area contributed by atoms with Gasteiger partial charge in [-0.3, -0.25) is 4.90 Å². The van der Waals surface area contributed by atoms with Gasteiger partial charge in [-0.25, -0.2) is 4.79 Å². The van der Waals surface area contributed by atoms with Gasteiger partial charge in [0.25, 0.3) is 5.89 Å². The van der Waals surface area contributed by atoms with Gasteiger partial charge in [0.15, 0.2) is 0 Å². The van der Waals surface area contributed by atoms with Gasteiger partial charge in [0, 0.05) is 22.8 Å². The SMILES string of the molecule is CCCCCN1C(=O)NC(c2ccccc2)C(c2nc(-c3ccc(Cl)cc3)no2)=C1C. The number of benzene rings is 2. The Morgan fingerprint density at radius 3 is 2.55 bits per heavy atom. The number of allylic oxidation sites excluding steroid dienone is 1. The van der Waals surface area contributed by atoms with E-state index in [1.807, 2.05) is 49.4 Å². The van der Waals surface area contributed by atoms with Crippen LogP contribution in [0.25, 0.3) is 17.0 Å². The molecule has 1 N–H and O–H groups in total. The highest BCUT2D eigenvalue weighted by atomic mass is 35.5. The zero-order valence-corrected chi connectivity index (χ0v) is 18.4. The predicted molar refractivity (Wildman–Crippen MR) is 121 cm³/mol. The van der Waals surface area contributed by atoms with Crippen molar-refractivity contribution in [1.82, 2.24) is 20.4 Å². The van der Waals surface area contributed by atoms with Crippen LogP contribution in [0.3, 0.4) is 0 Å². The Bertz CT molecular complexity index is 1080. The number of carbonyl (C=O) groups excluding carboxylic acids is 1. The number of unbranched alkanes of at least 4 members (excludes halogenated alkanes) is 2. The average Bonchev–Trinajstić information content (AvgIpc) is 3.26. The number of hydrogen-bond donors (Lipinski definition) is 1. The van der Waals surface area contributed by atoms with Crippen LogP contribution < -0.4 is 5.32 Å². The molecule has 0 spiro atoms. The molecular weight excluding hydrogens is 412 g/mol. The molecular formula is C24H25ClN4O2. The fourth-order valence-corrected chi connectivity index (χ4v) is 3.92. The average molecular weight is 437 g/mol. The minimum Gasteiger partial charge on any atom is -0.334 e. The van der Waals surface area contributed by atoms with Gasteiger partial charge in [-0.15, -0.1) is 0 Å². The normalized spacial score (nSPS) is 16.5. The number of nitrogens with one attached hydrogen (secondary N) is 1. The number of aromatic nitrogens is 2. The highest BCUT2D eigenvalue weighted by Crippen LogP contribution is 2.37. The van der Waals surface area contributed by atoms with Crippen molar-refractivity contribution in [2.75, 3.05) is 6.54 Å². The quantitative estimate of drug-likeness (QED) is 0.456. The van der Waals surface area contributed by atoms with Crippen molar-refractivity contribution in [1.29, 1.82) is 0 Å². The van der Waals surface area contributed by atoms with Crippen LogP contribution in [0.5, 0.6) is 0 Å². The van der Waals surface area contributed by atoms with E-state index in [1.54, 1.807) is 17.0 Å². The van der Waals surface area contributed by atoms with Gasteiger partial charge < -0.3 is 9.84 Å². The largest absolute Gasteiger partial charge is 0.334 e. The molecule has 0 aliphatic carbocycles. The molecule has 1 aromatic heterocycles. The van der Waals surface area contributed by atoms with Gasteiger partial charge in [-0.1, -0.05) is 66.9 Å². The Morgan fingerprint density at radius 1 is 1.10 bits per heavy atom. The molecule has 0 fully saturated rings. The molecule has 160 valence electrons. The Labute approximate surface area is 186 Å². The first-order valence-corrected chi connectivity index (χ1v) is 10.9. The second kappa shape index (κ2) is 9.35. The van der Waals surface area contributed by atoms with E-state index in [9.17, 15) is 4.79 Å². The zero-order valence-electron chi connectivity index (χ0n) is 17.6. The molecule has 0 saturated heterocycles. The van der Waals surface area contributed by atoms with Crippen molar-refractivity contribution in [3.8, 4) is 11.4 Å². The summed E-state index contributed by atoms with van der Waals surface area (Å²) in [4.78, 5) is 19.4. The third-order valence-electron chi connectivity index (χ3n) is 5.47. The van der Waals surface area contributed by atoms with Crippen molar-refractivity contribution in [3.05, 3.63) is 76.8 Å². The molecule has 1 aliphatic rings. The number of carbonyl (C=O) groups is 1. The van der Waals surface area contributed by atoms with Crippen molar-refractivity contribution in [3.63, 3.8) is 0 Å². The van der Waals surface area contributed by atoms with Crippen LogP contribution in [0, 0.1) is 0 Å². The lowest BCUT2D eigenvalue weighted by molar-refractivity contribution is 0.204. The monoisotopic (exact) mass is 436 g/mol. The standard InChI is InChI=1S/C24H25ClN4O2/c1-3-4-8-15-29-16(2)20(21(26-24(29)30)17-9-6-5-7-10-17)23-27-22(28-31-23)18-11-13-19(25)14-12-18/h5-7,9-14,21H,3-4,8,15H2,1-2H3,(H,26,30). The first-order chi connectivity index (χ1) is 15.1. The Morgan fingerprint density at radius 2 is 1.84 bits per heavy atom. The number of hydrogen-bond acceptors (Lipinski definition) is 4. The number of halogens is 1. The van der Waals surface area contributed by atoms with E-state index < -0.39 is 0 Å². The topological polar surface area (TPSA) is 71.3 Å². The lowest BCUT2D eigenvalue weighted by atomic mass is 9.94. The first-order valence-electron chi connectivity index (χ1n) is 10.5. The Hall–Kier alpha value is -3.12. The molecule has 2 aromatic carbocycles. The summed E-state index contributed by atoms with van der Waals surface area (Å²) in [6.07, 6.45) is 3.09. The minimum absolute atomic E-state index is 0.108. The molecule has 2 amide bonds. The third-order valence-corrected chi connectivity index (χ3v) is 5.73. The second-order valence-electron chi connectivity index (χ2n) is 7.58. The van der Waals surface area contributed by atoms with Crippen molar-refractivity contribution < 1.29 is 9.32 Å². The molecule has 0 saturated carbocycles. The van der Waals surface area contributed by atoms with Crippen LogP contribution in [-0.4, -0.2) is 27.6 Å². The zero-order chi connectivity index (χ0) is 21.8. The van der Waals surface area contributed by atoms with Crippen molar-refractivity contribution in [2.24, 2.45) is 0 Å². The summed E-state index contributed by atoms with van der Waals surface area (Å²) < 4.78 is 5.69. The summed E-state index contributed by atoms with van der Waals surface area (Å²) in [6, 6.07) is 16.7. The van der Waals surface area contributed by atoms with Gasteiger partial charge >= 0.3 is 6.03 Å². The van der Waals surface area contributed by atoms with E-state index in [4.69, 9.17) is 16.1 Å². The van der Waals surface area contributed by atoms with Crippen LogP contribution in [0.15, 0.2) is 64.8 Å². The molecule has 7 heteroatoms. The summed E-state index contributed by atoms with van der Waals surface area (Å²) in [5.74, 6) is 0.880. The molecule has 1 atom stereocenters. The highest BCUT2D eigenvalue weighted by Gasteiger charge is 2.35. The molecule has 1 unspecified atom stereocenters. The van der Waals surface area contributed by atoms with Gasteiger partial charge in [-0.05, 0) is 43.2 Å². The maximum absolute atomic E-state index is 12.9. The molecule has 4 rings (SSSR count).